The molecule has 3 aromatic rings. The van der Waals surface area contributed by atoms with E-state index >= 15 is 0 Å². The van der Waals surface area contributed by atoms with E-state index in [9.17, 15) is 0 Å². The Morgan fingerprint density at radius 3 is 3.04 bits per heavy atom. The van der Waals surface area contributed by atoms with E-state index < -0.39 is 0 Å². The number of imidazole rings is 1. The molecule has 8 heteroatoms. The third-order valence-corrected chi connectivity index (χ3v) is 6.31. The lowest BCUT2D eigenvalue weighted by Crippen LogP contribution is -2.36. The highest BCUT2D eigenvalue weighted by atomic mass is 32.1. The third kappa shape index (κ3) is 3.44. The summed E-state index contributed by atoms with van der Waals surface area (Å²) in [7, 11) is 0. The molecule has 0 bridgehead atoms. The van der Waals surface area contributed by atoms with Crippen LogP contribution in [-0.2, 0) is 9.47 Å². The second kappa shape index (κ2) is 6.85. The molecule has 1 unspecified atom stereocenters. The Balaban J connectivity index is 1.21. The van der Waals surface area contributed by atoms with Crippen molar-refractivity contribution in [1.82, 2.24) is 19.6 Å². The minimum atomic E-state index is -0.338. The van der Waals surface area contributed by atoms with Crippen molar-refractivity contribution in [2.24, 2.45) is 5.92 Å². The van der Waals surface area contributed by atoms with Gasteiger partial charge in [-0.15, -0.1) is 5.10 Å². The third-order valence-electron chi connectivity index (χ3n) is 5.43. The summed E-state index contributed by atoms with van der Waals surface area (Å²) >= 11 is 1.54. The molecule has 7 nitrogen and oxygen atoms in total. The first kappa shape index (κ1) is 17.1. The summed E-state index contributed by atoms with van der Waals surface area (Å²) in [6.07, 6.45) is 9.95. The molecule has 1 atom stereocenters. The second-order valence-corrected chi connectivity index (χ2v) is 8.48. The number of anilines is 1. The summed E-state index contributed by atoms with van der Waals surface area (Å²) in [5, 5.41) is 8.80. The number of fused-ring (bicyclic) bond motifs is 1. The average molecular weight is 385 g/mol. The van der Waals surface area contributed by atoms with Crippen LogP contribution >= 0.6 is 11.3 Å². The molecule has 1 spiro atoms. The first-order valence-corrected chi connectivity index (χ1v) is 10.3. The summed E-state index contributed by atoms with van der Waals surface area (Å²) in [5.74, 6) is 0.442. The maximum atomic E-state index is 6.26. The van der Waals surface area contributed by atoms with Gasteiger partial charge in [-0.05, 0) is 30.9 Å². The van der Waals surface area contributed by atoms with Gasteiger partial charge in [-0.3, -0.25) is 4.98 Å². The molecule has 142 valence electrons. The largest absolute Gasteiger partial charge is 0.357 e. The van der Waals surface area contributed by atoms with Gasteiger partial charge in [0.15, 0.2) is 5.79 Å². The molecule has 2 fully saturated rings. The average Bonchev–Trinajstić information content (AvgIpc) is 3.37. The minimum absolute atomic E-state index is 0.0700. The number of hydrogen-bond acceptors (Lipinski definition) is 7. The van der Waals surface area contributed by atoms with Crippen molar-refractivity contribution in [2.75, 3.05) is 18.5 Å². The molecular weight excluding hydrogens is 362 g/mol. The maximum Gasteiger partial charge on any atom is 0.214 e. The standard InChI is InChI=1S/C19H23N5O2S/c1-13-4-6-19(7-5-13)25-12-15(26-19)10-21-17-23-24-11-16(22-18(24)27-17)14-3-2-8-20-9-14/h2-3,8-9,11,13,15H,4-7,10,12H2,1H3,(H,21,23). The van der Waals surface area contributed by atoms with Crippen molar-refractivity contribution in [3.05, 3.63) is 30.7 Å². The Labute approximate surface area is 161 Å². The van der Waals surface area contributed by atoms with Crippen molar-refractivity contribution in [3.8, 4) is 11.3 Å². The highest BCUT2D eigenvalue weighted by Crippen LogP contribution is 2.40. The number of ether oxygens (including phenoxy) is 2. The van der Waals surface area contributed by atoms with Gasteiger partial charge >= 0.3 is 0 Å². The Morgan fingerprint density at radius 1 is 1.37 bits per heavy atom. The lowest BCUT2D eigenvalue weighted by molar-refractivity contribution is -0.190. The summed E-state index contributed by atoms with van der Waals surface area (Å²) in [4.78, 5) is 9.64. The van der Waals surface area contributed by atoms with E-state index in [4.69, 9.17) is 9.47 Å². The van der Waals surface area contributed by atoms with Gasteiger partial charge in [0.25, 0.3) is 0 Å². The van der Waals surface area contributed by atoms with Crippen LogP contribution in [0.5, 0.6) is 0 Å². The van der Waals surface area contributed by atoms with E-state index in [2.05, 4.69) is 27.3 Å². The lowest BCUT2D eigenvalue weighted by atomic mass is 9.86. The van der Waals surface area contributed by atoms with Crippen molar-refractivity contribution in [3.63, 3.8) is 0 Å². The molecule has 4 heterocycles. The van der Waals surface area contributed by atoms with Gasteiger partial charge in [0.05, 0.1) is 18.5 Å². The Morgan fingerprint density at radius 2 is 2.26 bits per heavy atom. The van der Waals surface area contributed by atoms with E-state index in [-0.39, 0.29) is 11.9 Å². The number of nitrogens with zero attached hydrogens (tertiary/aromatic N) is 4. The van der Waals surface area contributed by atoms with Crippen LogP contribution < -0.4 is 5.32 Å². The van der Waals surface area contributed by atoms with Gasteiger partial charge in [0, 0.05) is 37.3 Å². The van der Waals surface area contributed by atoms with E-state index in [1.807, 2.05) is 29.0 Å². The smallest absolute Gasteiger partial charge is 0.214 e. The monoisotopic (exact) mass is 385 g/mol. The van der Waals surface area contributed by atoms with Gasteiger partial charge < -0.3 is 14.8 Å². The van der Waals surface area contributed by atoms with E-state index in [1.165, 1.54) is 24.2 Å². The van der Waals surface area contributed by atoms with Crippen molar-refractivity contribution < 1.29 is 9.47 Å². The molecule has 0 aromatic carbocycles. The highest BCUT2D eigenvalue weighted by Gasteiger charge is 2.43. The molecule has 1 N–H and O–H groups in total. The number of rotatable bonds is 4. The van der Waals surface area contributed by atoms with Crippen LogP contribution in [-0.4, -0.2) is 44.6 Å². The van der Waals surface area contributed by atoms with Crippen LogP contribution in [0, 0.1) is 5.92 Å². The summed E-state index contributed by atoms with van der Waals surface area (Å²) in [6, 6.07) is 3.91. The van der Waals surface area contributed by atoms with Crippen LogP contribution in [0.2, 0.25) is 0 Å². The number of aromatic nitrogens is 4. The Hall–Kier alpha value is -2.03. The zero-order chi connectivity index (χ0) is 18.3. The molecule has 1 saturated heterocycles. The predicted octanol–water partition coefficient (Wildman–Crippen LogP) is 3.59. The van der Waals surface area contributed by atoms with Gasteiger partial charge in [0.2, 0.25) is 10.1 Å². The first-order valence-electron chi connectivity index (χ1n) is 9.51. The van der Waals surface area contributed by atoms with Crippen LogP contribution in [0.4, 0.5) is 5.13 Å². The molecule has 27 heavy (non-hydrogen) atoms. The fourth-order valence-electron chi connectivity index (χ4n) is 3.81. The Bertz CT molecular complexity index is 885. The fraction of sp³-hybridized carbons (Fsp3) is 0.526. The number of pyridine rings is 1. The molecule has 0 amide bonds. The van der Waals surface area contributed by atoms with Crippen molar-refractivity contribution in [2.45, 2.75) is 44.5 Å². The molecule has 5 rings (SSSR count). The molecule has 1 saturated carbocycles. The minimum Gasteiger partial charge on any atom is -0.357 e. The summed E-state index contributed by atoms with van der Waals surface area (Å²) in [5.41, 5.74) is 1.88. The fourth-order valence-corrected chi connectivity index (χ4v) is 4.60. The molecule has 1 aliphatic carbocycles. The first-order chi connectivity index (χ1) is 13.2. The van der Waals surface area contributed by atoms with Gasteiger partial charge in [-0.25, -0.2) is 9.50 Å². The van der Waals surface area contributed by atoms with Gasteiger partial charge in [0.1, 0.15) is 6.10 Å². The number of hydrogen-bond donors (Lipinski definition) is 1. The topological polar surface area (TPSA) is 73.6 Å². The second-order valence-electron chi connectivity index (χ2n) is 7.53. The van der Waals surface area contributed by atoms with Gasteiger partial charge in [-0.2, -0.15) is 0 Å². The SMILES string of the molecule is CC1CCC2(CC1)OCC(CNc1nn3cc(-c4cccnc4)nc3s1)O2. The zero-order valence-corrected chi connectivity index (χ0v) is 16.1. The zero-order valence-electron chi connectivity index (χ0n) is 15.3. The van der Waals surface area contributed by atoms with Crippen LogP contribution in [0.25, 0.3) is 16.2 Å². The molecule has 0 radical (unpaired) electrons. The van der Waals surface area contributed by atoms with E-state index in [1.54, 1.807) is 6.20 Å². The Kier molecular flexibility index (Phi) is 4.34. The molecule has 1 aliphatic heterocycles. The number of nitrogens with one attached hydrogen (secondary N) is 1. The van der Waals surface area contributed by atoms with Crippen LogP contribution in [0.15, 0.2) is 30.7 Å². The summed E-state index contributed by atoms with van der Waals surface area (Å²) in [6.45, 7) is 3.65. The van der Waals surface area contributed by atoms with Crippen LogP contribution in [0.3, 0.4) is 0 Å². The van der Waals surface area contributed by atoms with Crippen molar-refractivity contribution in [1.29, 1.82) is 0 Å². The maximum absolute atomic E-state index is 6.26. The lowest BCUT2D eigenvalue weighted by Gasteiger charge is -2.34. The van der Waals surface area contributed by atoms with Gasteiger partial charge in [-0.1, -0.05) is 18.3 Å². The molecule has 2 aliphatic rings. The van der Waals surface area contributed by atoms with E-state index in [0.717, 1.165) is 40.1 Å². The molecule has 3 aromatic heterocycles. The highest BCUT2D eigenvalue weighted by molar-refractivity contribution is 7.20. The molecular formula is C19H23N5O2S. The normalized spacial score (nSPS) is 28.2. The summed E-state index contributed by atoms with van der Waals surface area (Å²) < 4.78 is 14.1. The quantitative estimate of drug-likeness (QED) is 0.740. The van der Waals surface area contributed by atoms with Crippen molar-refractivity contribution >= 4 is 21.4 Å². The predicted molar refractivity (Wildman–Crippen MR) is 104 cm³/mol. The van der Waals surface area contributed by atoms with Crippen LogP contribution in [0.1, 0.15) is 32.6 Å². The van der Waals surface area contributed by atoms with E-state index in [0.29, 0.717) is 13.2 Å².